The molecule has 0 radical (unpaired) electrons. The molecule has 3 amide bonds. The Kier molecular flexibility index (Phi) is 6.74. The zero-order chi connectivity index (χ0) is 19.3. The normalized spacial score (nSPS) is 13.5. The van der Waals surface area contributed by atoms with Crippen molar-refractivity contribution >= 4 is 29.1 Å². The molecular weight excluding hydrogens is 332 g/mol. The van der Waals surface area contributed by atoms with Gasteiger partial charge in [0.15, 0.2) is 0 Å². The van der Waals surface area contributed by atoms with Crippen molar-refractivity contribution in [2.75, 3.05) is 43.9 Å². The van der Waals surface area contributed by atoms with Crippen LogP contribution in [0.4, 0.5) is 11.4 Å². The summed E-state index contributed by atoms with van der Waals surface area (Å²) in [5.41, 5.74) is 2.42. The number of rotatable bonds is 5. The molecule has 2 N–H and O–H groups in total. The molecule has 0 fully saturated rings. The third-order valence-electron chi connectivity index (χ3n) is 4.27. The molecule has 0 unspecified atom stereocenters. The molecule has 1 aliphatic heterocycles. The van der Waals surface area contributed by atoms with Crippen molar-refractivity contribution in [2.24, 2.45) is 5.92 Å². The second-order valence-corrected chi connectivity index (χ2v) is 7.10. The maximum atomic E-state index is 12.4. The molecule has 1 aromatic carbocycles. The zero-order valence-electron chi connectivity index (χ0n) is 16.0. The number of fused-ring (bicyclic) bond motifs is 1. The van der Waals surface area contributed by atoms with Gasteiger partial charge in [0.1, 0.15) is 0 Å². The Morgan fingerprint density at radius 2 is 1.92 bits per heavy atom. The monoisotopic (exact) mass is 360 g/mol. The molecule has 0 atom stereocenters. The van der Waals surface area contributed by atoms with E-state index in [4.69, 9.17) is 0 Å². The van der Waals surface area contributed by atoms with Crippen LogP contribution >= 0.6 is 0 Å². The first-order valence-corrected chi connectivity index (χ1v) is 8.97. The van der Waals surface area contributed by atoms with E-state index < -0.39 is 11.8 Å². The molecule has 1 aliphatic rings. The number of hydrogen-bond acceptors (Lipinski definition) is 4. The minimum atomic E-state index is -0.707. The molecule has 0 bridgehead atoms. The summed E-state index contributed by atoms with van der Waals surface area (Å²) >= 11 is 0. The van der Waals surface area contributed by atoms with Crippen molar-refractivity contribution in [3.8, 4) is 0 Å². The number of hydrogen-bond donors (Lipinski definition) is 2. The largest absolute Gasteiger partial charge is 0.347 e. The van der Waals surface area contributed by atoms with Gasteiger partial charge in [-0.05, 0) is 44.6 Å². The lowest BCUT2D eigenvalue weighted by Crippen LogP contribution is -2.39. The van der Waals surface area contributed by atoms with Crippen LogP contribution in [0.5, 0.6) is 0 Å². The molecule has 0 saturated heterocycles. The summed E-state index contributed by atoms with van der Waals surface area (Å²) in [6.45, 7) is 5.48. The van der Waals surface area contributed by atoms with E-state index in [2.05, 4.69) is 10.6 Å². The fourth-order valence-corrected chi connectivity index (χ4v) is 2.85. The van der Waals surface area contributed by atoms with Gasteiger partial charge in [-0.1, -0.05) is 19.9 Å². The third-order valence-corrected chi connectivity index (χ3v) is 4.27. The smallest absolute Gasteiger partial charge is 0.313 e. The Bertz CT molecular complexity index is 685. The van der Waals surface area contributed by atoms with Crippen LogP contribution in [0.15, 0.2) is 18.2 Å². The van der Waals surface area contributed by atoms with Gasteiger partial charge in [-0.3, -0.25) is 14.4 Å². The highest BCUT2D eigenvalue weighted by Crippen LogP contribution is 2.31. The van der Waals surface area contributed by atoms with E-state index in [1.165, 1.54) is 0 Å². The summed E-state index contributed by atoms with van der Waals surface area (Å²) in [5.74, 6) is -1.40. The average Bonchev–Trinajstić information content (AvgIpc) is 2.59. The van der Waals surface area contributed by atoms with Crippen molar-refractivity contribution in [1.82, 2.24) is 10.2 Å². The van der Waals surface area contributed by atoms with Gasteiger partial charge >= 0.3 is 11.8 Å². The number of benzene rings is 1. The van der Waals surface area contributed by atoms with Crippen LogP contribution in [0.1, 0.15) is 25.8 Å². The Balaban J connectivity index is 2.07. The minimum absolute atomic E-state index is 0.0656. The topological polar surface area (TPSA) is 81.8 Å². The first-order chi connectivity index (χ1) is 12.3. The summed E-state index contributed by atoms with van der Waals surface area (Å²) in [5, 5.41) is 5.20. The minimum Gasteiger partial charge on any atom is -0.347 e. The van der Waals surface area contributed by atoms with Crippen LogP contribution in [0, 0.1) is 5.92 Å². The number of carbonyl (C=O) groups is 3. The van der Waals surface area contributed by atoms with E-state index in [0.29, 0.717) is 25.3 Å². The standard InChI is InChI=1S/C19H28N4O3/c1-13(2)19(26)23-10-5-6-14-7-8-15(12-16(14)23)21-18(25)17(24)20-9-11-22(3)4/h7-8,12-13H,5-6,9-11H2,1-4H3,(H,20,24)(H,21,25). The highest BCUT2D eigenvalue weighted by Gasteiger charge is 2.25. The molecule has 7 heteroatoms. The highest BCUT2D eigenvalue weighted by atomic mass is 16.2. The lowest BCUT2D eigenvalue weighted by molar-refractivity contribution is -0.136. The maximum absolute atomic E-state index is 12.4. The molecule has 1 heterocycles. The third kappa shape index (κ3) is 5.05. The molecule has 7 nitrogen and oxygen atoms in total. The lowest BCUT2D eigenvalue weighted by Gasteiger charge is -2.31. The molecule has 0 aliphatic carbocycles. The number of nitrogens with one attached hydrogen (secondary N) is 2. The van der Waals surface area contributed by atoms with Gasteiger partial charge in [-0.15, -0.1) is 0 Å². The van der Waals surface area contributed by atoms with Crippen molar-refractivity contribution < 1.29 is 14.4 Å². The average molecular weight is 360 g/mol. The molecule has 142 valence electrons. The van der Waals surface area contributed by atoms with Crippen molar-refractivity contribution in [2.45, 2.75) is 26.7 Å². The summed E-state index contributed by atoms with van der Waals surface area (Å²) < 4.78 is 0. The Morgan fingerprint density at radius 1 is 1.19 bits per heavy atom. The number of aryl methyl sites for hydroxylation is 1. The van der Waals surface area contributed by atoms with Gasteiger partial charge in [-0.25, -0.2) is 0 Å². The van der Waals surface area contributed by atoms with E-state index in [-0.39, 0.29) is 11.8 Å². The van der Waals surface area contributed by atoms with Crippen LogP contribution in [0.25, 0.3) is 0 Å². The molecule has 1 aromatic rings. The predicted octanol–water partition coefficient (Wildman–Crippen LogP) is 1.24. The lowest BCUT2D eigenvalue weighted by atomic mass is 9.99. The van der Waals surface area contributed by atoms with Crippen LogP contribution < -0.4 is 15.5 Å². The van der Waals surface area contributed by atoms with Gasteiger partial charge in [0.05, 0.1) is 0 Å². The number of nitrogens with zero attached hydrogens (tertiary/aromatic N) is 2. The first kappa shape index (κ1) is 19.9. The fourth-order valence-electron chi connectivity index (χ4n) is 2.85. The van der Waals surface area contributed by atoms with E-state index >= 15 is 0 Å². The Hall–Kier alpha value is -2.41. The van der Waals surface area contributed by atoms with Gasteiger partial charge in [0, 0.05) is 36.9 Å². The molecular formula is C19H28N4O3. The van der Waals surface area contributed by atoms with E-state index in [1.807, 2.05) is 38.9 Å². The van der Waals surface area contributed by atoms with Gasteiger partial charge < -0.3 is 20.4 Å². The van der Waals surface area contributed by atoms with Crippen LogP contribution in [0.3, 0.4) is 0 Å². The number of carbonyl (C=O) groups excluding carboxylic acids is 3. The number of anilines is 2. The zero-order valence-corrected chi connectivity index (χ0v) is 16.0. The second kappa shape index (κ2) is 8.80. The fraction of sp³-hybridized carbons (Fsp3) is 0.526. The highest BCUT2D eigenvalue weighted by molar-refractivity contribution is 6.39. The summed E-state index contributed by atoms with van der Waals surface area (Å²) in [6.07, 6.45) is 1.82. The molecule has 0 aromatic heterocycles. The number of likely N-dealkylation sites (N-methyl/N-ethyl adjacent to an activating group) is 1. The summed E-state index contributed by atoms with van der Waals surface area (Å²) in [6, 6.07) is 5.46. The second-order valence-electron chi connectivity index (χ2n) is 7.10. The maximum Gasteiger partial charge on any atom is 0.313 e. The first-order valence-electron chi connectivity index (χ1n) is 8.97. The SMILES string of the molecule is CC(C)C(=O)N1CCCc2ccc(NC(=O)C(=O)NCCN(C)C)cc21. The summed E-state index contributed by atoms with van der Waals surface area (Å²) in [4.78, 5) is 40.1. The Labute approximate surface area is 154 Å². The van der Waals surface area contributed by atoms with Gasteiger partial charge in [-0.2, -0.15) is 0 Å². The summed E-state index contributed by atoms with van der Waals surface area (Å²) in [7, 11) is 3.78. The van der Waals surface area contributed by atoms with E-state index in [1.54, 1.807) is 17.0 Å². The van der Waals surface area contributed by atoms with Crippen molar-refractivity contribution in [1.29, 1.82) is 0 Å². The van der Waals surface area contributed by atoms with Crippen molar-refractivity contribution in [3.05, 3.63) is 23.8 Å². The molecule has 26 heavy (non-hydrogen) atoms. The molecule has 0 spiro atoms. The number of amides is 3. The quantitative estimate of drug-likeness (QED) is 0.774. The Morgan fingerprint density at radius 3 is 2.58 bits per heavy atom. The predicted molar refractivity (Wildman–Crippen MR) is 102 cm³/mol. The van der Waals surface area contributed by atoms with Crippen LogP contribution in [-0.2, 0) is 20.8 Å². The molecule has 2 rings (SSSR count). The van der Waals surface area contributed by atoms with E-state index in [9.17, 15) is 14.4 Å². The van der Waals surface area contributed by atoms with E-state index in [0.717, 1.165) is 24.1 Å². The van der Waals surface area contributed by atoms with Crippen molar-refractivity contribution in [3.63, 3.8) is 0 Å². The van der Waals surface area contributed by atoms with Gasteiger partial charge in [0.25, 0.3) is 0 Å². The van der Waals surface area contributed by atoms with Crippen LogP contribution in [0.2, 0.25) is 0 Å². The van der Waals surface area contributed by atoms with Crippen LogP contribution in [-0.4, -0.2) is 56.4 Å². The molecule has 0 saturated carbocycles. The van der Waals surface area contributed by atoms with Gasteiger partial charge in [0.2, 0.25) is 5.91 Å².